The SMILES string of the molecule is CCc1cc(C)cc(C)c1C1=C(OC(=O)C(C)C)NC(C)(C)C1=O. The molecule has 0 aromatic heterocycles. The lowest BCUT2D eigenvalue weighted by molar-refractivity contribution is -0.143. The number of ketones is 1. The first-order valence-electron chi connectivity index (χ1n) is 8.48. The summed E-state index contributed by atoms with van der Waals surface area (Å²) in [5.41, 5.74) is 3.86. The summed E-state index contributed by atoms with van der Waals surface area (Å²) < 4.78 is 5.54. The fraction of sp³-hybridized carbons (Fsp3) is 0.500. The summed E-state index contributed by atoms with van der Waals surface area (Å²) in [7, 11) is 0. The van der Waals surface area contributed by atoms with E-state index in [1.165, 1.54) is 0 Å². The summed E-state index contributed by atoms with van der Waals surface area (Å²) in [6, 6.07) is 4.15. The third-order valence-corrected chi connectivity index (χ3v) is 4.31. The largest absolute Gasteiger partial charge is 0.409 e. The first kappa shape index (κ1) is 18.2. The minimum absolute atomic E-state index is 0.0456. The first-order valence-corrected chi connectivity index (χ1v) is 8.48. The smallest absolute Gasteiger partial charge is 0.315 e. The summed E-state index contributed by atoms with van der Waals surface area (Å²) in [4.78, 5) is 25.1. The number of aryl methyl sites for hydroxylation is 3. The molecule has 2 rings (SSSR count). The highest BCUT2D eigenvalue weighted by atomic mass is 16.5. The van der Waals surface area contributed by atoms with Crippen LogP contribution in [0, 0.1) is 19.8 Å². The molecule has 0 fully saturated rings. The van der Waals surface area contributed by atoms with Gasteiger partial charge in [-0.15, -0.1) is 0 Å². The van der Waals surface area contributed by atoms with Crippen LogP contribution in [0.3, 0.4) is 0 Å². The number of Topliss-reactive ketones (excluding diaryl/α,β-unsaturated/α-hetero) is 1. The number of hydrogen-bond donors (Lipinski definition) is 1. The Morgan fingerprint density at radius 3 is 2.42 bits per heavy atom. The zero-order valence-electron chi connectivity index (χ0n) is 15.7. The zero-order valence-corrected chi connectivity index (χ0v) is 15.7. The molecule has 0 saturated carbocycles. The van der Waals surface area contributed by atoms with Crippen molar-refractivity contribution in [1.29, 1.82) is 0 Å². The van der Waals surface area contributed by atoms with Gasteiger partial charge in [-0.2, -0.15) is 0 Å². The lowest BCUT2D eigenvalue weighted by Gasteiger charge is -2.18. The van der Waals surface area contributed by atoms with Gasteiger partial charge in [0.05, 0.1) is 17.0 Å². The van der Waals surface area contributed by atoms with E-state index in [0.29, 0.717) is 5.57 Å². The number of carbonyl (C=O) groups excluding carboxylic acids is 2. The molecule has 1 aliphatic rings. The predicted octanol–water partition coefficient (Wildman–Crippen LogP) is 3.68. The van der Waals surface area contributed by atoms with Gasteiger partial charge in [-0.25, -0.2) is 0 Å². The highest BCUT2D eigenvalue weighted by molar-refractivity contribution is 6.28. The van der Waals surface area contributed by atoms with Gasteiger partial charge in [0.2, 0.25) is 5.88 Å². The van der Waals surface area contributed by atoms with Gasteiger partial charge in [0.25, 0.3) is 0 Å². The van der Waals surface area contributed by atoms with Crippen LogP contribution in [0.1, 0.15) is 56.9 Å². The number of rotatable bonds is 4. The third-order valence-electron chi connectivity index (χ3n) is 4.31. The van der Waals surface area contributed by atoms with Crippen molar-refractivity contribution in [2.24, 2.45) is 5.92 Å². The van der Waals surface area contributed by atoms with Crippen molar-refractivity contribution in [2.75, 3.05) is 0 Å². The van der Waals surface area contributed by atoms with Gasteiger partial charge in [-0.1, -0.05) is 38.5 Å². The number of nitrogens with one attached hydrogen (secondary N) is 1. The average molecular weight is 329 g/mol. The molecule has 0 unspecified atom stereocenters. The van der Waals surface area contributed by atoms with E-state index >= 15 is 0 Å². The summed E-state index contributed by atoms with van der Waals surface area (Å²) in [6.45, 7) is 13.3. The molecule has 0 atom stereocenters. The van der Waals surface area contributed by atoms with Crippen LogP contribution in [0.2, 0.25) is 0 Å². The van der Waals surface area contributed by atoms with Crippen molar-refractivity contribution in [1.82, 2.24) is 5.32 Å². The number of esters is 1. The number of ether oxygens (including phenoxy) is 1. The van der Waals surface area contributed by atoms with Crippen molar-refractivity contribution < 1.29 is 14.3 Å². The Bertz CT molecular complexity index is 727. The molecule has 1 N–H and O–H groups in total. The van der Waals surface area contributed by atoms with Gasteiger partial charge < -0.3 is 10.1 Å². The van der Waals surface area contributed by atoms with E-state index in [-0.39, 0.29) is 23.6 Å². The number of carbonyl (C=O) groups is 2. The van der Waals surface area contributed by atoms with E-state index < -0.39 is 5.54 Å². The molecule has 24 heavy (non-hydrogen) atoms. The average Bonchev–Trinajstić information content (AvgIpc) is 2.68. The molecule has 1 aromatic carbocycles. The number of benzene rings is 1. The van der Waals surface area contributed by atoms with Crippen LogP contribution in [0.4, 0.5) is 0 Å². The minimum atomic E-state index is -0.787. The monoisotopic (exact) mass is 329 g/mol. The molecular formula is C20H27NO3. The fourth-order valence-corrected chi connectivity index (χ4v) is 3.03. The van der Waals surface area contributed by atoms with Gasteiger partial charge in [0.15, 0.2) is 5.78 Å². The highest BCUT2D eigenvalue weighted by Gasteiger charge is 2.43. The van der Waals surface area contributed by atoms with E-state index in [1.54, 1.807) is 27.7 Å². The predicted molar refractivity (Wildman–Crippen MR) is 95.4 cm³/mol. The molecule has 0 bridgehead atoms. The summed E-state index contributed by atoms with van der Waals surface area (Å²) in [6.07, 6.45) is 0.806. The molecule has 0 radical (unpaired) electrons. The molecule has 1 heterocycles. The van der Waals surface area contributed by atoms with Crippen LogP contribution in [-0.4, -0.2) is 17.3 Å². The lowest BCUT2D eigenvalue weighted by atomic mass is 9.87. The van der Waals surface area contributed by atoms with E-state index in [2.05, 4.69) is 24.4 Å². The summed E-state index contributed by atoms with van der Waals surface area (Å²) in [5.74, 6) is -0.367. The van der Waals surface area contributed by atoms with Crippen LogP contribution in [0.25, 0.3) is 5.57 Å². The van der Waals surface area contributed by atoms with Gasteiger partial charge >= 0.3 is 5.97 Å². The van der Waals surface area contributed by atoms with Crippen LogP contribution in [0.5, 0.6) is 0 Å². The molecule has 4 heteroatoms. The molecular weight excluding hydrogens is 302 g/mol. The van der Waals surface area contributed by atoms with Gasteiger partial charge in [0, 0.05) is 0 Å². The van der Waals surface area contributed by atoms with E-state index in [9.17, 15) is 9.59 Å². The van der Waals surface area contributed by atoms with E-state index in [4.69, 9.17) is 4.74 Å². The minimum Gasteiger partial charge on any atom is -0.409 e. The van der Waals surface area contributed by atoms with Crippen molar-refractivity contribution in [2.45, 2.75) is 60.4 Å². The lowest BCUT2D eigenvalue weighted by Crippen LogP contribution is -2.40. The van der Waals surface area contributed by atoms with Crippen molar-refractivity contribution in [3.05, 3.63) is 40.3 Å². The maximum absolute atomic E-state index is 13.0. The highest BCUT2D eigenvalue weighted by Crippen LogP contribution is 2.36. The third kappa shape index (κ3) is 3.23. The second-order valence-electron chi connectivity index (χ2n) is 7.33. The van der Waals surface area contributed by atoms with Crippen molar-refractivity contribution in [3.8, 4) is 0 Å². The van der Waals surface area contributed by atoms with Gasteiger partial charge in [-0.3, -0.25) is 9.59 Å². The second-order valence-corrected chi connectivity index (χ2v) is 7.33. The summed E-state index contributed by atoms with van der Waals surface area (Å²) in [5, 5.41) is 3.09. The fourth-order valence-electron chi connectivity index (χ4n) is 3.03. The van der Waals surface area contributed by atoms with Crippen LogP contribution in [-0.2, 0) is 20.7 Å². The maximum Gasteiger partial charge on any atom is 0.315 e. The standard InChI is InChI=1S/C20H27NO3/c1-8-14-10-12(4)9-13(5)15(14)16-17(22)20(6,7)21-18(16)24-19(23)11(2)3/h9-11,21H,8H2,1-7H3. The molecule has 1 aliphatic heterocycles. The molecule has 0 amide bonds. The molecule has 1 aromatic rings. The van der Waals surface area contributed by atoms with Gasteiger partial charge in [0.1, 0.15) is 0 Å². The van der Waals surface area contributed by atoms with Crippen LogP contribution < -0.4 is 5.32 Å². The molecule has 0 saturated heterocycles. The van der Waals surface area contributed by atoms with Gasteiger partial charge in [-0.05, 0) is 50.8 Å². The number of hydrogen-bond acceptors (Lipinski definition) is 4. The summed E-state index contributed by atoms with van der Waals surface area (Å²) >= 11 is 0. The Morgan fingerprint density at radius 1 is 1.25 bits per heavy atom. The Labute approximate surface area is 144 Å². The normalized spacial score (nSPS) is 16.6. The topological polar surface area (TPSA) is 55.4 Å². The maximum atomic E-state index is 13.0. The zero-order chi connectivity index (χ0) is 18.2. The Balaban J connectivity index is 2.66. The Hall–Kier alpha value is -2.10. The second kappa shape index (κ2) is 6.42. The molecule has 4 nitrogen and oxygen atoms in total. The van der Waals surface area contributed by atoms with Crippen molar-refractivity contribution in [3.63, 3.8) is 0 Å². The first-order chi connectivity index (χ1) is 11.1. The Kier molecular flexibility index (Phi) is 4.88. The Morgan fingerprint density at radius 2 is 1.88 bits per heavy atom. The van der Waals surface area contributed by atoms with E-state index in [1.807, 2.05) is 13.8 Å². The molecule has 130 valence electrons. The molecule has 0 aliphatic carbocycles. The van der Waals surface area contributed by atoms with Crippen molar-refractivity contribution >= 4 is 17.3 Å². The van der Waals surface area contributed by atoms with Crippen LogP contribution >= 0.6 is 0 Å². The van der Waals surface area contributed by atoms with E-state index in [0.717, 1.165) is 28.7 Å². The molecule has 0 spiro atoms. The van der Waals surface area contributed by atoms with Crippen LogP contribution in [0.15, 0.2) is 18.0 Å². The quantitative estimate of drug-likeness (QED) is 0.856.